The van der Waals surface area contributed by atoms with Crippen molar-refractivity contribution in [2.45, 2.75) is 6.42 Å². The molecule has 7 N–H and O–H groups in total. The molecular weight excluding hydrogens is 405 g/mol. The number of nitrogen functional groups attached to an aromatic ring is 1. The molecule has 3 amide bonds. The van der Waals surface area contributed by atoms with E-state index in [1.54, 1.807) is 24.4 Å². The van der Waals surface area contributed by atoms with Gasteiger partial charge in [0.05, 0.1) is 13.5 Å². The first-order valence-corrected chi connectivity index (χ1v) is 9.83. The van der Waals surface area contributed by atoms with Gasteiger partial charge in [0.2, 0.25) is 5.91 Å². The number of azide groups is 1. The zero-order valence-corrected chi connectivity index (χ0v) is 16.8. The van der Waals surface area contributed by atoms with Gasteiger partial charge in [-0.05, 0) is 28.6 Å². The van der Waals surface area contributed by atoms with Crippen LogP contribution in [0.15, 0.2) is 34.7 Å². The molecule has 1 atom stereocenters. The van der Waals surface area contributed by atoms with Crippen molar-refractivity contribution in [1.29, 1.82) is 0 Å². The van der Waals surface area contributed by atoms with E-state index in [9.17, 15) is 9.59 Å². The van der Waals surface area contributed by atoms with Crippen LogP contribution in [0.5, 0.6) is 5.75 Å². The number of hydrogen-bond donors (Lipinski definition) is 5. The van der Waals surface area contributed by atoms with Crippen LogP contribution < -0.4 is 31.7 Å². The smallest absolute Gasteiger partial charge is 0.323 e. The third-order valence-corrected chi connectivity index (χ3v) is 4.28. The van der Waals surface area contributed by atoms with Crippen LogP contribution in [-0.4, -0.2) is 31.1 Å². The molecule has 0 saturated carbocycles. The topological polar surface area (TPSA) is 193 Å². The minimum atomic E-state index is -1.79. The fourth-order valence-electron chi connectivity index (χ4n) is 1.82. The molecule has 1 unspecified atom stereocenters. The molecule has 1 aromatic carbocycles. The number of hydrogen-bond acceptors (Lipinski definition) is 8. The molecule has 0 aliphatic heterocycles. The highest BCUT2D eigenvalue weighted by Gasteiger charge is 2.11. The van der Waals surface area contributed by atoms with Crippen LogP contribution in [0.2, 0.25) is 0 Å². The van der Waals surface area contributed by atoms with Crippen molar-refractivity contribution in [3.05, 3.63) is 45.8 Å². The number of urea groups is 1. The van der Waals surface area contributed by atoms with E-state index in [1.807, 2.05) is 5.38 Å². The predicted molar refractivity (Wildman–Crippen MR) is 110 cm³/mol. The number of carbonyl (C=O) groups is 2. The van der Waals surface area contributed by atoms with E-state index >= 15 is 0 Å². The monoisotopic (exact) mass is 425 g/mol. The maximum absolute atomic E-state index is 11.7. The number of rotatable bonds is 6. The van der Waals surface area contributed by atoms with Gasteiger partial charge in [-0.15, -0.1) is 11.3 Å². The second-order valence-corrected chi connectivity index (χ2v) is 6.85. The summed E-state index contributed by atoms with van der Waals surface area (Å²) in [4.78, 5) is 32.5. The van der Waals surface area contributed by atoms with Crippen LogP contribution in [0.4, 0.5) is 15.6 Å². The summed E-state index contributed by atoms with van der Waals surface area (Å²) in [7, 11) is 1.23. The predicted octanol–water partition coefficient (Wildman–Crippen LogP) is 2.33. The Bertz CT molecular complexity index is 827. The molecule has 2 rings (SSSR count). The van der Waals surface area contributed by atoms with Crippen LogP contribution in [0.25, 0.3) is 10.4 Å². The number of amides is 3. The Labute approximate surface area is 166 Å². The van der Waals surface area contributed by atoms with Crippen LogP contribution in [0.1, 0.15) is 5.56 Å². The molecule has 2 aromatic rings. The van der Waals surface area contributed by atoms with Crippen molar-refractivity contribution in [3.8, 4) is 5.75 Å². The van der Waals surface area contributed by atoms with Gasteiger partial charge in [-0.25, -0.2) is 9.78 Å². The van der Waals surface area contributed by atoms with Gasteiger partial charge in [0.15, 0.2) is 13.5 Å². The fraction of sp³-hybridized carbons (Fsp3) is 0.214. The molecule has 0 aliphatic carbocycles. The molecule has 0 fully saturated rings. The number of anilines is 2. The Kier molecular flexibility index (Phi) is 10.1. The van der Waals surface area contributed by atoms with Gasteiger partial charge in [-0.3, -0.25) is 15.4 Å². The lowest BCUT2D eigenvalue weighted by Gasteiger charge is -2.12. The van der Waals surface area contributed by atoms with Crippen molar-refractivity contribution >= 4 is 42.5 Å². The highest BCUT2D eigenvalue weighted by molar-refractivity contribution is 7.52. The van der Waals surface area contributed by atoms with Gasteiger partial charge in [-0.1, -0.05) is 0 Å². The number of likely N-dealkylation sites (N-methyl/N-ethyl adjacent to an activating group) is 1. The van der Waals surface area contributed by atoms with Gasteiger partial charge in [0.1, 0.15) is 5.75 Å². The molecular formula is C14H20N9O3PS. The Morgan fingerprint density at radius 1 is 1.46 bits per heavy atom. The maximum atomic E-state index is 11.7. The summed E-state index contributed by atoms with van der Waals surface area (Å²) in [6, 6.07) is 4.24. The van der Waals surface area contributed by atoms with E-state index < -0.39 is 14.4 Å². The SMILES string of the molecule is CNC(=O)Cc1cc(NC(=O)NP(N)N=[N+]=[N-])ccc1OC.Nc1nccs1. The average molecular weight is 425 g/mol. The summed E-state index contributed by atoms with van der Waals surface area (Å²) in [5.74, 6) is 0.346. The normalized spacial score (nSPS) is 10.4. The molecule has 1 heterocycles. The zero-order valence-electron chi connectivity index (χ0n) is 15.1. The van der Waals surface area contributed by atoms with E-state index in [0.717, 1.165) is 0 Å². The minimum Gasteiger partial charge on any atom is -0.496 e. The lowest BCUT2D eigenvalue weighted by atomic mass is 10.1. The van der Waals surface area contributed by atoms with Gasteiger partial charge in [0.25, 0.3) is 0 Å². The van der Waals surface area contributed by atoms with Crippen molar-refractivity contribution in [2.75, 3.05) is 25.2 Å². The Morgan fingerprint density at radius 2 is 2.21 bits per heavy atom. The van der Waals surface area contributed by atoms with E-state index in [2.05, 4.69) is 30.5 Å². The molecule has 12 nitrogen and oxygen atoms in total. The summed E-state index contributed by atoms with van der Waals surface area (Å²) in [6.07, 6.45) is 1.79. The molecule has 150 valence electrons. The summed E-state index contributed by atoms with van der Waals surface area (Å²) < 4.78 is 5.17. The number of nitrogens with two attached hydrogens (primary N) is 2. The summed E-state index contributed by atoms with van der Waals surface area (Å²) in [5, 5.41) is 9.81. The lowest BCUT2D eigenvalue weighted by molar-refractivity contribution is -0.119. The second-order valence-electron chi connectivity index (χ2n) is 4.84. The number of nitrogens with one attached hydrogen (secondary N) is 3. The van der Waals surface area contributed by atoms with E-state index in [1.165, 1.54) is 25.5 Å². The first-order chi connectivity index (χ1) is 13.4. The van der Waals surface area contributed by atoms with Gasteiger partial charge >= 0.3 is 6.03 Å². The molecule has 0 spiro atoms. The van der Waals surface area contributed by atoms with Crippen molar-refractivity contribution in [2.24, 2.45) is 10.4 Å². The minimum absolute atomic E-state index is 0.110. The molecule has 0 aliphatic rings. The van der Waals surface area contributed by atoms with Crippen LogP contribution >= 0.6 is 19.7 Å². The maximum Gasteiger partial charge on any atom is 0.323 e. The first kappa shape index (κ1) is 22.9. The third-order valence-electron chi connectivity index (χ3n) is 2.97. The largest absolute Gasteiger partial charge is 0.496 e. The number of ether oxygens (including phenoxy) is 1. The van der Waals surface area contributed by atoms with E-state index in [0.29, 0.717) is 22.1 Å². The molecule has 28 heavy (non-hydrogen) atoms. The van der Waals surface area contributed by atoms with E-state index in [4.69, 9.17) is 21.5 Å². The first-order valence-electron chi connectivity index (χ1n) is 7.59. The molecule has 0 bridgehead atoms. The van der Waals surface area contributed by atoms with Crippen molar-refractivity contribution in [1.82, 2.24) is 15.4 Å². The van der Waals surface area contributed by atoms with E-state index in [-0.39, 0.29) is 12.3 Å². The summed E-state index contributed by atoms with van der Waals surface area (Å²) in [5.41, 5.74) is 19.9. The number of nitrogens with zero attached hydrogens (tertiary/aromatic N) is 4. The summed E-state index contributed by atoms with van der Waals surface area (Å²) >= 11 is 1.44. The highest BCUT2D eigenvalue weighted by atomic mass is 32.1. The quantitative estimate of drug-likeness (QED) is 0.204. The second kappa shape index (κ2) is 12.3. The van der Waals surface area contributed by atoms with Gasteiger partial charge in [0, 0.05) is 34.8 Å². The lowest BCUT2D eigenvalue weighted by Crippen LogP contribution is -2.26. The Morgan fingerprint density at radius 3 is 2.71 bits per heavy atom. The van der Waals surface area contributed by atoms with Crippen LogP contribution in [0.3, 0.4) is 0 Å². The average Bonchev–Trinajstić information content (AvgIpc) is 3.13. The standard InChI is InChI=1S/C11H16N7O3P.C3H4N2S/c1-14-10(19)6-7-5-8(3-4-9(7)21-2)15-11(20)16-22(13)18-17-12;4-3-5-1-2-6-3/h3-5H,6,13H2,1-2H3,(H,14,19)(H2,15,16,20);1-2H,(H2,4,5). The molecule has 0 radical (unpaired) electrons. The number of thiazole rings is 1. The zero-order chi connectivity index (χ0) is 20.9. The van der Waals surface area contributed by atoms with Crippen LogP contribution in [0, 0.1) is 0 Å². The number of aromatic nitrogens is 1. The summed E-state index contributed by atoms with van der Waals surface area (Å²) in [6.45, 7) is 0. The van der Waals surface area contributed by atoms with Gasteiger partial charge in [-0.2, -0.15) is 0 Å². The Balaban J connectivity index is 0.000000552. The molecule has 0 saturated heterocycles. The Hall–Kier alpha value is -3.11. The molecule has 14 heteroatoms. The number of methoxy groups -OCH3 is 1. The highest BCUT2D eigenvalue weighted by Crippen LogP contribution is 2.24. The van der Waals surface area contributed by atoms with Crippen LogP contribution in [-0.2, 0) is 11.2 Å². The van der Waals surface area contributed by atoms with Gasteiger partial charge < -0.3 is 21.1 Å². The fourth-order valence-corrected chi connectivity index (χ4v) is 2.60. The van der Waals surface area contributed by atoms with Crippen molar-refractivity contribution in [3.63, 3.8) is 0 Å². The molecule has 1 aromatic heterocycles. The third kappa shape index (κ3) is 8.52. The number of carbonyl (C=O) groups excluding carboxylic acids is 2. The van der Waals surface area contributed by atoms with Crippen molar-refractivity contribution < 1.29 is 14.3 Å². The number of benzene rings is 1.